The molecule has 0 aromatic heterocycles. The number of fused-ring (bicyclic) bond motifs is 1. The number of amides is 2. The van der Waals surface area contributed by atoms with Gasteiger partial charge in [0.05, 0.1) is 5.39 Å². The van der Waals surface area contributed by atoms with E-state index in [9.17, 15) is 24.9 Å². The van der Waals surface area contributed by atoms with E-state index >= 15 is 0 Å². The van der Waals surface area contributed by atoms with E-state index in [2.05, 4.69) is 9.80 Å². The Morgan fingerprint density at radius 2 is 1.46 bits per heavy atom. The van der Waals surface area contributed by atoms with Gasteiger partial charge in [-0.15, -0.1) is 0 Å². The summed E-state index contributed by atoms with van der Waals surface area (Å²) in [5.41, 5.74) is 0.621. The number of carbonyl (C=O) groups excluding carboxylic acids is 2. The summed E-state index contributed by atoms with van der Waals surface area (Å²) >= 11 is 0. The normalized spacial score (nSPS) is 18.0. The van der Waals surface area contributed by atoms with E-state index in [1.54, 1.807) is 17.0 Å². The molecule has 2 aromatic carbocycles. The van der Waals surface area contributed by atoms with Gasteiger partial charge in [0.2, 0.25) is 11.8 Å². The summed E-state index contributed by atoms with van der Waals surface area (Å²) in [6, 6.07) is 4.63. The molecule has 4 rings (SSSR count). The van der Waals surface area contributed by atoms with E-state index < -0.39 is 0 Å². The van der Waals surface area contributed by atoms with E-state index in [1.165, 1.54) is 18.2 Å². The first kappa shape index (κ1) is 24.8. The van der Waals surface area contributed by atoms with Gasteiger partial charge in [0.15, 0.2) is 0 Å². The van der Waals surface area contributed by atoms with Crippen molar-refractivity contribution in [1.82, 2.24) is 19.6 Å². The van der Waals surface area contributed by atoms with Gasteiger partial charge < -0.3 is 34.9 Å². The van der Waals surface area contributed by atoms with E-state index in [4.69, 9.17) is 0 Å². The highest BCUT2D eigenvalue weighted by Gasteiger charge is 2.24. The van der Waals surface area contributed by atoms with Crippen LogP contribution in [-0.4, -0.2) is 113 Å². The van der Waals surface area contributed by atoms with Crippen molar-refractivity contribution in [2.24, 2.45) is 0 Å². The Bertz CT molecular complexity index is 1130. The van der Waals surface area contributed by atoms with Crippen LogP contribution in [0.5, 0.6) is 17.2 Å². The molecule has 2 fully saturated rings. The van der Waals surface area contributed by atoms with Gasteiger partial charge in [-0.1, -0.05) is 12.1 Å². The minimum Gasteiger partial charge on any atom is -0.507 e. The van der Waals surface area contributed by atoms with Crippen LogP contribution in [0.3, 0.4) is 0 Å². The molecule has 0 aliphatic carbocycles. The molecule has 2 saturated heterocycles. The van der Waals surface area contributed by atoms with Crippen molar-refractivity contribution in [2.45, 2.75) is 12.8 Å². The molecule has 3 N–H and O–H groups in total. The zero-order valence-corrected chi connectivity index (χ0v) is 20.4. The third-order valence-electron chi connectivity index (χ3n) is 7.05. The molecule has 2 amide bonds. The second-order valence-electron chi connectivity index (χ2n) is 9.44. The molecule has 0 saturated carbocycles. The predicted octanol–water partition coefficient (Wildman–Crippen LogP) is 1.45. The molecule has 35 heavy (non-hydrogen) atoms. The van der Waals surface area contributed by atoms with Crippen molar-refractivity contribution in [2.75, 3.05) is 66.5 Å². The van der Waals surface area contributed by atoms with Gasteiger partial charge in [-0.05, 0) is 32.7 Å². The van der Waals surface area contributed by atoms with Crippen molar-refractivity contribution in [3.63, 3.8) is 0 Å². The molecule has 0 spiro atoms. The Labute approximate surface area is 205 Å². The number of hydrogen-bond acceptors (Lipinski definition) is 7. The molecule has 0 atom stereocenters. The minimum absolute atomic E-state index is 0.0172. The lowest BCUT2D eigenvalue weighted by molar-refractivity contribution is -0.132. The van der Waals surface area contributed by atoms with Gasteiger partial charge in [0, 0.05) is 81.4 Å². The number of benzene rings is 2. The molecule has 9 nitrogen and oxygen atoms in total. The third-order valence-corrected chi connectivity index (χ3v) is 7.05. The number of rotatable bonds is 5. The van der Waals surface area contributed by atoms with Crippen LogP contribution in [0.2, 0.25) is 0 Å². The SMILES string of the molecule is CN1CCN(C(=O)/C=C/c2c(CCC(=O)N3CCN(C)CC3)c(O)c3cccc(O)c3c2O)CC1. The summed E-state index contributed by atoms with van der Waals surface area (Å²) in [6.45, 7) is 5.74. The maximum atomic E-state index is 12.8. The number of carbonyl (C=O) groups is 2. The second kappa shape index (κ2) is 10.5. The van der Waals surface area contributed by atoms with Gasteiger partial charge in [0.25, 0.3) is 0 Å². The number of phenolic OH excluding ortho intramolecular Hbond substituents is 3. The maximum absolute atomic E-state index is 12.8. The topological polar surface area (TPSA) is 108 Å². The lowest BCUT2D eigenvalue weighted by Crippen LogP contribution is -2.47. The Kier molecular flexibility index (Phi) is 7.47. The van der Waals surface area contributed by atoms with Crippen LogP contribution in [0.25, 0.3) is 16.8 Å². The van der Waals surface area contributed by atoms with Crippen molar-refractivity contribution < 1.29 is 24.9 Å². The maximum Gasteiger partial charge on any atom is 0.246 e. The van der Waals surface area contributed by atoms with Crippen molar-refractivity contribution in [3.05, 3.63) is 35.4 Å². The Balaban J connectivity index is 1.63. The number of hydrogen-bond donors (Lipinski definition) is 3. The molecule has 0 bridgehead atoms. The van der Waals surface area contributed by atoms with Crippen LogP contribution in [0.1, 0.15) is 17.5 Å². The molecular weight excluding hydrogens is 448 g/mol. The fourth-order valence-corrected chi connectivity index (χ4v) is 4.72. The van der Waals surface area contributed by atoms with Gasteiger partial charge >= 0.3 is 0 Å². The molecule has 0 unspecified atom stereocenters. The molecule has 2 aliphatic heterocycles. The molecule has 2 aromatic rings. The summed E-state index contributed by atoms with van der Waals surface area (Å²) < 4.78 is 0. The quantitative estimate of drug-likeness (QED) is 0.437. The van der Waals surface area contributed by atoms with Gasteiger partial charge in [-0.2, -0.15) is 0 Å². The summed E-state index contributed by atoms with van der Waals surface area (Å²) in [5.74, 6) is -0.701. The molecule has 2 aliphatic rings. The number of aromatic hydroxyl groups is 3. The first-order chi connectivity index (χ1) is 16.8. The van der Waals surface area contributed by atoms with Crippen LogP contribution >= 0.6 is 0 Å². The zero-order valence-electron chi connectivity index (χ0n) is 20.4. The smallest absolute Gasteiger partial charge is 0.246 e. The van der Waals surface area contributed by atoms with Crippen LogP contribution in [0, 0.1) is 0 Å². The average molecular weight is 483 g/mol. The summed E-state index contributed by atoms with van der Waals surface area (Å²) in [7, 11) is 4.03. The predicted molar refractivity (Wildman–Crippen MR) is 134 cm³/mol. The van der Waals surface area contributed by atoms with Gasteiger partial charge in [-0.25, -0.2) is 0 Å². The second-order valence-corrected chi connectivity index (χ2v) is 9.44. The van der Waals surface area contributed by atoms with E-state index in [-0.39, 0.29) is 52.9 Å². The summed E-state index contributed by atoms with van der Waals surface area (Å²) in [6.07, 6.45) is 3.22. The van der Waals surface area contributed by atoms with Crippen molar-refractivity contribution >= 4 is 28.7 Å². The zero-order chi connectivity index (χ0) is 25.1. The average Bonchev–Trinajstić information content (AvgIpc) is 2.85. The summed E-state index contributed by atoms with van der Waals surface area (Å²) in [4.78, 5) is 33.5. The van der Waals surface area contributed by atoms with Crippen LogP contribution in [0.4, 0.5) is 0 Å². The Morgan fingerprint density at radius 3 is 2.09 bits per heavy atom. The number of phenols is 3. The molecule has 2 heterocycles. The molecule has 188 valence electrons. The monoisotopic (exact) mass is 482 g/mol. The lowest BCUT2D eigenvalue weighted by Gasteiger charge is -2.32. The van der Waals surface area contributed by atoms with Crippen LogP contribution in [0.15, 0.2) is 24.3 Å². The van der Waals surface area contributed by atoms with Crippen LogP contribution < -0.4 is 0 Å². The number of likely N-dealkylation sites (N-methyl/N-ethyl adjacent to an activating group) is 2. The molecule has 9 heteroatoms. The molecule has 0 radical (unpaired) electrons. The summed E-state index contributed by atoms with van der Waals surface area (Å²) in [5, 5.41) is 33.0. The Morgan fingerprint density at radius 1 is 0.857 bits per heavy atom. The first-order valence-corrected chi connectivity index (χ1v) is 12.1. The highest BCUT2D eigenvalue weighted by molar-refractivity contribution is 6.02. The van der Waals surface area contributed by atoms with E-state index in [0.717, 1.165) is 26.2 Å². The fraction of sp³-hybridized carbons (Fsp3) is 0.462. The number of piperazine rings is 2. The van der Waals surface area contributed by atoms with Gasteiger partial charge in [0.1, 0.15) is 17.2 Å². The van der Waals surface area contributed by atoms with E-state index in [0.29, 0.717) is 37.1 Å². The van der Waals surface area contributed by atoms with Crippen LogP contribution in [-0.2, 0) is 16.0 Å². The highest BCUT2D eigenvalue weighted by atomic mass is 16.3. The standard InChI is InChI=1S/C26H34N4O5/c1-27-10-14-29(15-11-27)22(32)8-6-18-19(7-9-23(33)30-16-12-28(2)13-17-30)26(35)24-20(25(18)34)4-3-5-21(24)31/h3-5,7,9,31,34-35H,6,8,10-17H2,1-2H3/b9-7+. The minimum atomic E-state index is -0.222. The van der Waals surface area contributed by atoms with Crippen molar-refractivity contribution in [1.29, 1.82) is 0 Å². The fourth-order valence-electron chi connectivity index (χ4n) is 4.72. The lowest BCUT2D eigenvalue weighted by atomic mass is 9.93. The Hall–Kier alpha value is -3.30. The third kappa shape index (κ3) is 5.36. The first-order valence-electron chi connectivity index (χ1n) is 12.1. The van der Waals surface area contributed by atoms with Gasteiger partial charge in [-0.3, -0.25) is 9.59 Å². The number of nitrogens with zero attached hydrogens (tertiary/aromatic N) is 4. The van der Waals surface area contributed by atoms with E-state index in [1.807, 2.05) is 19.0 Å². The molecular formula is C26H34N4O5. The highest BCUT2D eigenvalue weighted by Crippen LogP contribution is 2.44. The largest absolute Gasteiger partial charge is 0.507 e. The van der Waals surface area contributed by atoms with Crippen molar-refractivity contribution in [3.8, 4) is 17.2 Å².